The van der Waals surface area contributed by atoms with Gasteiger partial charge in [-0.3, -0.25) is 4.79 Å². The fourth-order valence-corrected chi connectivity index (χ4v) is 2.86. The molecule has 1 aromatic heterocycles. The maximum atomic E-state index is 13.5. The van der Waals surface area contributed by atoms with Crippen LogP contribution < -0.4 is 11.1 Å². The number of carbonyl (C=O) groups excluding carboxylic acids is 1. The van der Waals surface area contributed by atoms with Crippen LogP contribution in [0.2, 0.25) is 0 Å². The van der Waals surface area contributed by atoms with Gasteiger partial charge in [-0.1, -0.05) is 19.9 Å². The number of thiophene rings is 1. The van der Waals surface area contributed by atoms with Gasteiger partial charge in [0.25, 0.3) is 0 Å². The van der Waals surface area contributed by atoms with Crippen LogP contribution in [0.4, 0.5) is 19.5 Å². The van der Waals surface area contributed by atoms with E-state index in [4.69, 9.17) is 5.73 Å². The lowest BCUT2D eigenvalue weighted by Gasteiger charge is -2.05. The summed E-state index contributed by atoms with van der Waals surface area (Å²) in [4.78, 5) is 12.5. The molecule has 0 aliphatic carbocycles. The fraction of sp³-hybridized carbons (Fsp3) is 0.267. The van der Waals surface area contributed by atoms with Gasteiger partial charge in [-0.2, -0.15) is 0 Å². The second kappa shape index (κ2) is 6.22. The summed E-state index contributed by atoms with van der Waals surface area (Å²) < 4.78 is 26.3. The van der Waals surface area contributed by atoms with Crippen molar-refractivity contribution < 1.29 is 13.6 Å². The number of anilines is 2. The molecule has 112 valence electrons. The van der Waals surface area contributed by atoms with Crippen LogP contribution in [-0.4, -0.2) is 5.78 Å². The minimum absolute atomic E-state index is 0.0153. The van der Waals surface area contributed by atoms with Gasteiger partial charge in [-0.15, -0.1) is 11.3 Å². The molecule has 0 fully saturated rings. The Bertz CT molecular complexity index is 668. The first-order valence-corrected chi connectivity index (χ1v) is 7.31. The molecule has 0 amide bonds. The molecule has 0 saturated heterocycles. The lowest BCUT2D eigenvalue weighted by Crippen LogP contribution is -2.07. The highest BCUT2D eigenvalue weighted by atomic mass is 32.1. The number of nitrogen functional groups attached to an aromatic ring is 1. The number of Topliss-reactive ketones (excluding diaryl/α,β-unsaturated/α-hetero) is 1. The number of benzene rings is 1. The molecule has 0 spiro atoms. The van der Waals surface area contributed by atoms with E-state index in [1.54, 1.807) is 6.07 Å². The molecular formula is C15H16F2N2OS. The molecular weight excluding hydrogens is 294 g/mol. The first-order chi connectivity index (χ1) is 9.88. The highest BCUT2D eigenvalue weighted by molar-refractivity contribution is 7.18. The summed E-state index contributed by atoms with van der Waals surface area (Å²) in [7, 11) is 0. The number of carbonyl (C=O) groups is 1. The molecule has 0 saturated carbocycles. The summed E-state index contributed by atoms with van der Waals surface area (Å²) in [6, 6.07) is 5.08. The second-order valence-corrected chi connectivity index (χ2v) is 6.06. The van der Waals surface area contributed by atoms with E-state index in [1.165, 1.54) is 23.5 Å². The monoisotopic (exact) mass is 310 g/mol. The second-order valence-electron chi connectivity index (χ2n) is 5.00. The first-order valence-electron chi connectivity index (χ1n) is 6.49. The number of ketones is 1. The van der Waals surface area contributed by atoms with E-state index in [-0.39, 0.29) is 18.2 Å². The summed E-state index contributed by atoms with van der Waals surface area (Å²) in [6.45, 7) is 3.81. The van der Waals surface area contributed by atoms with E-state index in [0.717, 1.165) is 6.07 Å². The van der Waals surface area contributed by atoms with Crippen molar-refractivity contribution in [2.75, 3.05) is 11.1 Å². The summed E-state index contributed by atoms with van der Waals surface area (Å²) in [5, 5.41) is 3.68. The van der Waals surface area contributed by atoms with Crippen LogP contribution in [0.1, 0.15) is 29.1 Å². The highest BCUT2D eigenvalue weighted by Gasteiger charge is 2.17. The Balaban J connectivity index is 2.10. The Labute approximate surface area is 125 Å². The topological polar surface area (TPSA) is 55.1 Å². The van der Waals surface area contributed by atoms with Gasteiger partial charge in [-0.25, -0.2) is 8.78 Å². The minimum Gasteiger partial charge on any atom is -0.397 e. The number of nitrogens with two attached hydrogens (primary N) is 1. The molecule has 0 aliphatic heterocycles. The van der Waals surface area contributed by atoms with Crippen molar-refractivity contribution in [1.29, 1.82) is 0 Å². The average Bonchev–Trinajstić information content (AvgIpc) is 2.78. The zero-order valence-electron chi connectivity index (χ0n) is 11.7. The van der Waals surface area contributed by atoms with Gasteiger partial charge in [0.05, 0.1) is 15.6 Å². The predicted octanol–water partition coefficient (Wildman–Crippen LogP) is 4.06. The normalized spacial score (nSPS) is 10.9. The number of rotatable bonds is 5. The molecule has 6 heteroatoms. The van der Waals surface area contributed by atoms with Gasteiger partial charge in [-0.05, 0) is 12.1 Å². The standard InChI is InChI=1S/C15H16F2N2OS/c1-8(2)14(20)15-12(18)6-13(21-15)19-7-9-3-4-10(16)5-11(9)17/h3-6,8,19H,7,18H2,1-2H3. The lowest BCUT2D eigenvalue weighted by atomic mass is 10.1. The number of nitrogens with one attached hydrogen (secondary N) is 1. The largest absolute Gasteiger partial charge is 0.397 e. The smallest absolute Gasteiger partial charge is 0.177 e. The van der Waals surface area contributed by atoms with Crippen LogP contribution in [0.15, 0.2) is 24.3 Å². The van der Waals surface area contributed by atoms with E-state index < -0.39 is 11.6 Å². The number of hydrogen-bond donors (Lipinski definition) is 2. The van der Waals surface area contributed by atoms with Gasteiger partial charge in [0.15, 0.2) is 5.78 Å². The van der Waals surface area contributed by atoms with Crippen LogP contribution in [0.3, 0.4) is 0 Å². The zero-order valence-corrected chi connectivity index (χ0v) is 12.6. The van der Waals surface area contributed by atoms with Crippen LogP contribution >= 0.6 is 11.3 Å². The van der Waals surface area contributed by atoms with Gasteiger partial charge in [0.1, 0.15) is 11.6 Å². The third-order valence-electron chi connectivity index (χ3n) is 2.98. The van der Waals surface area contributed by atoms with Gasteiger partial charge in [0.2, 0.25) is 0 Å². The van der Waals surface area contributed by atoms with Crippen molar-refractivity contribution in [3.63, 3.8) is 0 Å². The van der Waals surface area contributed by atoms with Gasteiger partial charge in [0, 0.05) is 24.1 Å². The average molecular weight is 310 g/mol. The SMILES string of the molecule is CC(C)C(=O)c1sc(NCc2ccc(F)cc2F)cc1N. The van der Waals surface area contributed by atoms with Crippen LogP contribution in [-0.2, 0) is 6.54 Å². The molecule has 1 aromatic carbocycles. The van der Waals surface area contributed by atoms with Crippen LogP contribution in [0.5, 0.6) is 0 Å². The number of halogens is 2. The molecule has 2 rings (SSSR count). The van der Waals surface area contributed by atoms with Crippen LogP contribution in [0, 0.1) is 17.6 Å². The van der Waals surface area contributed by atoms with Crippen molar-refractivity contribution in [3.05, 3.63) is 46.3 Å². The predicted molar refractivity (Wildman–Crippen MR) is 81.6 cm³/mol. The maximum absolute atomic E-state index is 13.5. The maximum Gasteiger partial charge on any atom is 0.177 e. The molecule has 21 heavy (non-hydrogen) atoms. The van der Waals surface area contributed by atoms with Gasteiger partial charge >= 0.3 is 0 Å². The number of hydrogen-bond acceptors (Lipinski definition) is 4. The van der Waals surface area contributed by atoms with Crippen molar-refractivity contribution >= 4 is 27.8 Å². The van der Waals surface area contributed by atoms with E-state index in [0.29, 0.717) is 21.1 Å². The third-order valence-corrected chi connectivity index (χ3v) is 4.10. The van der Waals surface area contributed by atoms with E-state index in [1.807, 2.05) is 13.8 Å². The summed E-state index contributed by atoms with van der Waals surface area (Å²) in [5.41, 5.74) is 6.59. The Kier molecular flexibility index (Phi) is 4.57. The Morgan fingerprint density at radius 2 is 2.05 bits per heavy atom. The molecule has 2 aromatic rings. The van der Waals surface area contributed by atoms with Crippen LogP contribution in [0.25, 0.3) is 0 Å². The zero-order chi connectivity index (χ0) is 15.6. The van der Waals surface area contributed by atoms with E-state index >= 15 is 0 Å². The highest BCUT2D eigenvalue weighted by Crippen LogP contribution is 2.31. The lowest BCUT2D eigenvalue weighted by molar-refractivity contribution is 0.0944. The van der Waals surface area contributed by atoms with Gasteiger partial charge < -0.3 is 11.1 Å². The van der Waals surface area contributed by atoms with Crippen molar-refractivity contribution in [2.45, 2.75) is 20.4 Å². The molecule has 0 unspecified atom stereocenters. The Morgan fingerprint density at radius 1 is 1.33 bits per heavy atom. The fourth-order valence-electron chi connectivity index (χ4n) is 1.79. The summed E-state index contributed by atoms with van der Waals surface area (Å²) in [6.07, 6.45) is 0. The molecule has 3 N–H and O–H groups in total. The molecule has 0 aliphatic rings. The van der Waals surface area contributed by atoms with E-state index in [9.17, 15) is 13.6 Å². The third kappa shape index (κ3) is 3.58. The Hall–Kier alpha value is -1.95. The minimum atomic E-state index is -0.610. The van der Waals surface area contributed by atoms with E-state index in [2.05, 4.69) is 5.32 Å². The summed E-state index contributed by atoms with van der Waals surface area (Å²) >= 11 is 1.24. The van der Waals surface area contributed by atoms with Crippen molar-refractivity contribution in [3.8, 4) is 0 Å². The van der Waals surface area contributed by atoms with Crippen molar-refractivity contribution in [1.82, 2.24) is 0 Å². The molecule has 3 nitrogen and oxygen atoms in total. The molecule has 0 atom stereocenters. The van der Waals surface area contributed by atoms with Crippen molar-refractivity contribution in [2.24, 2.45) is 5.92 Å². The first kappa shape index (κ1) is 15.4. The molecule has 1 heterocycles. The quantitative estimate of drug-likeness (QED) is 0.819. The molecule has 0 bridgehead atoms. The Morgan fingerprint density at radius 3 is 2.67 bits per heavy atom. The summed E-state index contributed by atoms with van der Waals surface area (Å²) in [5.74, 6) is -1.36. The molecule has 0 radical (unpaired) electrons.